The number of hydrogen-bond acceptors (Lipinski definition) is 2. The minimum Gasteiger partial charge on any atom is -0.299 e. The number of hydrogen-bond donors (Lipinski definition) is 0. The quantitative estimate of drug-likeness (QED) is 0.837. The highest BCUT2D eigenvalue weighted by Crippen LogP contribution is 2.40. The van der Waals surface area contributed by atoms with Gasteiger partial charge in [0.05, 0.1) is 5.41 Å². The molecule has 1 atom stereocenters. The Balaban J connectivity index is 1.83. The molecular formula is C20H29NO. The number of benzene rings is 1. The first kappa shape index (κ1) is 15.7. The number of Topliss-reactive ketones (excluding diaryl/α,β-unsaturated/α-hetero) is 1. The molecule has 1 saturated heterocycles. The van der Waals surface area contributed by atoms with Crippen LogP contribution < -0.4 is 0 Å². The van der Waals surface area contributed by atoms with Gasteiger partial charge < -0.3 is 0 Å². The van der Waals surface area contributed by atoms with Crippen molar-refractivity contribution in [3.8, 4) is 0 Å². The monoisotopic (exact) mass is 299 g/mol. The second-order valence-electron chi connectivity index (χ2n) is 7.59. The first-order chi connectivity index (χ1) is 10.5. The van der Waals surface area contributed by atoms with Crippen molar-refractivity contribution >= 4 is 5.78 Å². The van der Waals surface area contributed by atoms with Crippen LogP contribution in [0.2, 0.25) is 0 Å². The fraction of sp³-hybridized carbons (Fsp3) is 0.650. The lowest BCUT2D eigenvalue weighted by Crippen LogP contribution is -2.42. The summed E-state index contributed by atoms with van der Waals surface area (Å²) in [6.07, 6.45) is 6.29. The van der Waals surface area contributed by atoms with E-state index in [9.17, 15) is 4.79 Å². The molecule has 3 rings (SSSR count). The zero-order valence-electron chi connectivity index (χ0n) is 14.3. The minimum atomic E-state index is -0.269. The van der Waals surface area contributed by atoms with Crippen molar-refractivity contribution < 1.29 is 4.79 Å². The predicted molar refractivity (Wildman–Crippen MR) is 91.1 cm³/mol. The topological polar surface area (TPSA) is 20.3 Å². The fourth-order valence-corrected chi connectivity index (χ4v) is 4.57. The molecule has 22 heavy (non-hydrogen) atoms. The molecule has 1 aromatic rings. The molecule has 120 valence electrons. The van der Waals surface area contributed by atoms with E-state index in [-0.39, 0.29) is 5.41 Å². The predicted octanol–water partition coefficient (Wildman–Crippen LogP) is 4.11. The van der Waals surface area contributed by atoms with Gasteiger partial charge in [-0.2, -0.15) is 0 Å². The first-order valence-electron chi connectivity index (χ1n) is 8.84. The van der Waals surface area contributed by atoms with Gasteiger partial charge in [-0.05, 0) is 69.5 Å². The summed E-state index contributed by atoms with van der Waals surface area (Å²) in [5, 5.41) is 0. The number of carbonyl (C=O) groups excluding carboxylic acids is 1. The van der Waals surface area contributed by atoms with Crippen LogP contribution >= 0.6 is 0 Å². The van der Waals surface area contributed by atoms with Gasteiger partial charge in [-0.15, -0.1) is 0 Å². The normalized spacial score (nSPS) is 33.0. The summed E-state index contributed by atoms with van der Waals surface area (Å²) in [6.45, 7) is 8.30. The second kappa shape index (κ2) is 6.16. The summed E-state index contributed by atoms with van der Waals surface area (Å²) in [5.74, 6) is 1.22. The van der Waals surface area contributed by atoms with Crippen LogP contribution in [0.4, 0.5) is 0 Å². The highest BCUT2D eigenvalue weighted by Gasteiger charge is 2.46. The van der Waals surface area contributed by atoms with Crippen molar-refractivity contribution in [3.63, 3.8) is 0 Å². The molecule has 2 nitrogen and oxygen atoms in total. The lowest BCUT2D eigenvalue weighted by atomic mass is 9.74. The highest BCUT2D eigenvalue weighted by atomic mass is 16.1. The molecule has 0 bridgehead atoms. The first-order valence-corrected chi connectivity index (χ1v) is 8.84. The van der Waals surface area contributed by atoms with E-state index < -0.39 is 0 Å². The number of ketones is 1. The Hall–Kier alpha value is -1.15. The molecule has 1 heterocycles. The van der Waals surface area contributed by atoms with Gasteiger partial charge in [0.1, 0.15) is 5.78 Å². The number of rotatable bonds is 3. The van der Waals surface area contributed by atoms with E-state index in [0.717, 1.165) is 25.4 Å². The summed E-state index contributed by atoms with van der Waals surface area (Å²) in [7, 11) is 0. The molecule has 0 spiro atoms. The van der Waals surface area contributed by atoms with Crippen molar-refractivity contribution in [1.82, 2.24) is 4.90 Å². The Morgan fingerprint density at radius 3 is 2.50 bits per heavy atom. The summed E-state index contributed by atoms with van der Waals surface area (Å²) < 4.78 is 0. The van der Waals surface area contributed by atoms with Gasteiger partial charge in [-0.3, -0.25) is 9.69 Å². The number of carbonyl (C=O) groups is 1. The van der Waals surface area contributed by atoms with Gasteiger partial charge in [0.25, 0.3) is 0 Å². The maximum Gasteiger partial charge on any atom is 0.141 e. The van der Waals surface area contributed by atoms with Crippen LogP contribution in [0.1, 0.15) is 57.1 Å². The highest BCUT2D eigenvalue weighted by molar-refractivity contribution is 5.89. The van der Waals surface area contributed by atoms with E-state index in [1.165, 1.54) is 36.8 Å². The van der Waals surface area contributed by atoms with Crippen LogP contribution in [0.3, 0.4) is 0 Å². The van der Waals surface area contributed by atoms with Gasteiger partial charge in [-0.25, -0.2) is 0 Å². The van der Waals surface area contributed by atoms with Gasteiger partial charge in [0.15, 0.2) is 0 Å². The summed E-state index contributed by atoms with van der Waals surface area (Å²) in [6, 6.07) is 9.16. The third-order valence-corrected chi connectivity index (χ3v) is 6.14. The fourth-order valence-electron chi connectivity index (χ4n) is 4.57. The standard InChI is InChI=1S/C20H29NO/c1-15-8-10-18(11-9-15)21-13-12-20(14-21,17(3)22)19-7-5-4-6-16(19)2/h4-7,15,18H,8-14H2,1-3H3. The minimum absolute atomic E-state index is 0.269. The molecule has 0 amide bonds. The van der Waals surface area contributed by atoms with Crippen molar-refractivity contribution in [3.05, 3.63) is 35.4 Å². The Kier molecular flexibility index (Phi) is 4.40. The molecule has 2 fully saturated rings. The van der Waals surface area contributed by atoms with Crippen molar-refractivity contribution in [1.29, 1.82) is 0 Å². The average molecular weight is 299 g/mol. The Bertz CT molecular complexity index is 544. The maximum atomic E-state index is 12.6. The van der Waals surface area contributed by atoms with Crippen LogP contribution in [-0.4, -0.2) is 29.8 Å². The molecule has 1 aliphatic carbocycles. The maximum absolute atomic E-state index is 12.6. The Labute approximate surface area is 134 Å². The van der Waals surface area contributed by atoms with Crippen LogP contribution in [0, 0.1) is 12.8 Å². The van der Waals surface area contributed by atoms with Gasteiger partial charge in [0, 0.05) is 12.6 Å². The molecular weight excluding hydrogens is 270 g/mol. The molecule has 2 aliphatic rings. The summed E-state index contributed by atoms with van der Waals surface area (Å²) in [5.41, 5.74) is 2.25. The summed E-state index contributed by atoms with van der Waals surface area (Å²) in [4.78, 5) is 15.2. The van der Waals surface area contributed by atoms with E-state index in [0.29, 0.717) is 11.8 Å². The Morgan fingerprint density at radius 1 is 1.18 bits per heavy atom. The van der Waals surface area contributed by atoms with E-state index in [4.69, 9.17) is 0 Å². The van der Waals surface area contributed by atoms with E-state index >= 15 is 0 Å². The van der Waals surface area contributed by atoms with Crippen molar-refractivity contribution in [2.75, 3.05) is 13.1 Å². The van der Waals surface area contributed by atoms with Gasteiger partial charge >= 0.3 is 0 Å². The molecule has 0 radical (unpaired) electrons. The zero-order chi connectivity index (χ0) is 15.7. The lowest BCUT2D eigenvalue weighted by molar-refractivity contribution is -0.122. The molecule has 1 aromatic carbocycles. The van der Waals surface area contributed by atoms with E-state index in [2.05, 4.69) is 43.0 Å². The third kappa shape index (κ3) is 2.74. The van der Waals surface area contributed by atoms with Crippen molar-refractivity contribution in [2.45, 2.75) is 64.3 Å². The molecule has 1 aliphatic heterocycles. The largest absolute Gasteiger partial charge is 0.299 e. The number of nitrogens with zero attached hydrogens (tertiary/aromatic N) is 1. The van der Waals surface area contributed by atoms with E-state index in [1.54, 1.807) is 6.92 Å². The van der Waals surface area contributed by atoms with E-state index in [1.807, 2.05) is 0 Å². The lowest BCUT2D eigenvalue weighted by Gasteiger charge is -2.35. The summed E-state index contributed by atoms with van der Waals surface area (Å²) >= 11 is 0. The van der Waals surface area contributed by atoms with Crippen LogP contribution in [0.5, 0.6) is 0 Å². The second-order valence-corrected chi connectivity index (χ2v) is 7.59. The van der Waals surface area contributed by atoms with Gasteiger partial charge in [0.2, 0.25) is 0 Å². The molecule has 0 aromatic heterocycles. The molecule has 0 N–H and O–H groups in total. The Morgan fingerprint density at radius 2 is 1.86 bits per heavy atom. The third-order valence-electron chi connectivity index (χ3n) is 6.14. The van der Waals surface area contributed by atoms with Gasteiger partial charge in [-0.1, -0.05) is 31.2 Å². The van der Waals surface area contributed by atoms with Crippen LogP contribution in [0.25, 0.3) is 0 Å². The smallest absolute Gasteiger partial charge is 0.141 e. The molecule has 1 unspecified atom stereocenters. The van der Waals surface area contributed by atoms with Crippen LogP contribution in [0.15, 0.2) is 24.3 Å². The number of likely N-dealkylation sites (tertiary alicyclic amines) is 1. The van der Waals surface area contributed by atoms with Crippen LogP contribution in [-0.2, 0) is 10.2 Å². The zero-order valence-corrected chi connectivity index (χ0v) is 14.3. The SMILES string of the molecule is CC(=O)C1(c2ccccc2C)CCN(C2CCC(C)CC2)C1. The van der Waals surface area contributed by atoms with Crippen molar-refractivity contribution in [2.24, 2.45) is 5.92 Å². The number of aryl methyl sites for hydroxylation is 1. The molecule has 1 saturated carbocycles. The average Bonchev–Trinajstić information content (AvgIpc) is 2.95. The molecule has 2 heteroatoms.